The fourth-order valence-corrected chi connectivity index (χ4v) is 1.34. The van der Waals surface area contributed by atoms with Crippen molar-refractivity contribution in [2.45, 2.75) is 6.18 Å². The van der Waals surface area contributed by atoms with E-state index in [0.29, 0.717) is 11.9 Å². The van der Waals surface area contributed by atoms with Gasteiger partial charge in [-0.05, 0) is 12.1 Å². The Morgan fingerprint density at radius 2 is 1.83 bits per heavy atom. The fourth-order valence-electron chi connectivity index (χ4n) is 1.34. The van der Waals surface area contributed by atoms with E-state index in [2.05, 4.69) is 5.10 Å². The Labute approximate surface area is 98.6 Å². The van der Waals surface area contributed by atoms with Gasteiger partial charge in [0.1, 0.15) is 0 Å². The lowest BCUT2D eigenvalue weighted by molar-refractivity contribution is -0.384. The van der Waals surface area contributed by atoms with Crippen LogP contribution in [0.25, 0.3) is 5.69 Å². The molecule has 18 heavy (non-hydrogen) atoms. The molecule has 1 aromatic carbocycles. The van der Waals surface area contributed by atoms with Crippen molar-refractivity contribution in [3.63, 3.8) is 0 Å². The number of halogens is 3. The number of nitrogens with zero attached hydrogens (tertiary/aromatic N) is 3. The van der Waals surface area contributed by atoms with E-state index < -0.39 is 16.7 Å². The van der Waals surface area contributed by atoms with Crippen LogP contribution in [0.2, 0.25) is 0 Å². The van der Waals surface area contributed by atoms with Crippen molar-refractivity contribution in [1.29, 1.82) is 0 Å². The first-order chi connectivity index (χ1) is 8.38. The summed E-state index contributed by atoms with van der Waals surface area (Å²) in [6, 6.07) is 5.05. The first kappa shape index (κ1) is 12.1. The summed E-state index contributed by atoms with van der Waals surface area (Å²) in [6.07, 6.45) is -2.94. The average molecular weight is 257 g/mol. The second-order valence-electron chi connectivity index (χ2n) is 3.44. The second-order valence-corrected chi connectivity index (χ2v) is 3.44. The standard InChI is InChI=1S/C10H6F3N3O2/c11-10(12,13)7-5-14-15(6-7)8-1-3-9(4-2-8)16(17)18/h1-6H. The lowest BCUT2D eigenvalue weighted by atomic mass is 10.3. The molecule has 8 heteroatoms. The molecule has 0 radical (unpaired) electrons. The van der Waals surface area contributed by atoms with E-state index in [9.17, 15) is 23.3 Å². The smallest absolute Gasteiger partial charge is 0.258 e. The van der Waals surface area contributed by atoms with Gasteiger partial charge in [0.05, 0.1) is 22.4 Å². The maximum absolute atomic E-state index is 12.3. The van der Waals surface area contributed by atoms with E-state index in [4.69, 9.17) is 0 Å². The molecule has 0 N–H and O–H groups in total. The summed E-state index contributed by atoms with van der Waals surface area (Å²) in [5.41, 5.74) is -0.695. The van der Waals surface area contributed by atoms with Gasteiger partial charge in [-0.2, -0.15) is 18.3 Å². The van der Waals surface area contributed by atoms with Gasteiger partial charge in [-0.1, -0.05) is 0 Å². The molecule has 0 spiro atoms. The van der Waals surface area contributed by atoms with Crippen LogP contribution in [0.3, 0.4) is 0 Å². The largest absolute Gasteiger partial charge is 0.419 e. The third-order valence-electron chi connectivity index (χ3n) is 2.23. The number of alkyl halides is 3. The number of hydrogen-bond acceptors (Lipinski definition) is 3. The molecular formula is C10H6F3N3O2. The number of benzene rings is 1. The number of non-ortho nitro benzene ring substituents is 1. The third-order valence-corrected chi connectivity index (χ3v) is 2.23. The number of rotatable bonds is 2. The molecule has 0 saturated heterocycles. The Morgan fingerprint density at radius 3 is 2.28 bits per heavy atom. The molecule has 0 fully saturated rings. The van der Waals surface area contributed by atoms with Crippen LogP contribution in [0.4, 0.5) is 18.9 Å². The van der Waals surface area contributed by atoms with Crippen molar-refractivity contribution in [2.75, 3.05) is 0 Å². The highest BCUT2D eigenvalue weighted by atomic mass is 19.4. The quantitative estimate of drug-likeness (QED) is 0.613. The van der Waals surface area contributed by atoms with Crippen LogP contribution in [0.1, 0.15) is 5.56 Å². The first-order valence-corrected chi connectivity index (χ1v) is 4.74. The average Bonchev–Trinajstić information content (AvgIpc) is 2.78. The Morgan fingerprint density at radius 1 is 1.22 bits per heavy atom. The summed E-state index contributed by atoms with van der Waals surface area (Å²) >= 11 is 0. The van der Waals surface area contributed by atoms with Crippen molar-refractivity contribution in [1.82, 2.24) is 9.78 Å². The molecule has 0 aliphatic heterocycles. The molecular weight excluding hydrogens is 251 g/mol. The van der Waals surface area contributed by atoms with Crippen molar-refractivity contribution >= 4 is 5.69 Å². The Kier molecular flexibility index (Phi) is 2.77. The summed E-state index contributed by atoms with van der Waals surface area (Å²) in [4.78, 5) is 9.83. The van der Waals surface area contributed by atoms with Crippen LogP contribution in [-0.4, -0.2) is 14.7 Å². The molecule has 2 rings (SSSR count). The van der Waals surface area contributed by atoms with Gasteiger partial charge in [0.2, 0.25) is 0 Å². The fraction of sp³-hybridized carbons (Fsp3) is 0.100. The molecule has 0 unspecified atom stereocenters. The van der Waals surface area contributed by atoms with Gasteiger partial charge in [-0.15, -0.1) is 0 Å². The van der Waals surface area contributed by atoms with Gasteiger partial charge in [0.15, 0.2) is 0 Å². The second kappa shape index (κ2) is 4.13. The third kappa shape index (κ3) is 2.31. The molecule has 0 atom stereocenters. The van der Waals surface area contributed by atoms with Crippen LogP contribution in [-0.2, 0) is 6.18 Å². The van der Waals surface area contributed by atoms with E-state index in [1.165, 1.54) is 24.3 Å². The van der Waals surface area contributed by atoms with Crippen molar-refractivity contribution in [2.24, 2.45) is 0 Å². The van der Waals surface area contributed by atoms with Crippen LogP contribution >= 0.6 is 0 Å². The molecule has 0 saturated carbocycles. The molecule has 94 valence electrons. The Hall–Kier alpha value is -2.38. The van der Waals surface area contributed by atoms with Gasteiger partial charge in [-0.3, -0.25) is 10.1 Å². The van der Waals surface area contributed by atoms with Gasteiger partial charge in [0, 0.05) is 18.3 Å². The monoisotopic (exact) mass is 257 g/mol. The first-order valence-electron chi connectivity index (χ1n) is 4.74. The SMILES string of the molecule is O=[N+]([O-])c1ccc(-n2cc(C(F)(F)F)cn2)cc1. The molecule has 0 aliphatic rings. The Balaban J connectivity index is 2.32. The molecule has 0 amide bonds. The van der Waals surface area contributed by atoms with Crippen molar-refractivity contribution in [3.05, 3.63) is 52.3 Å². The lowest BCUT2D eigenvalue weighted by Crippen LogP contribution is -2.03. The minimum absolute atomic E-state index is 0.137. The van der Waals surface area contributed by atoms with Crippen LogP contribution in [0.15, 0.2) is 36.7 Å². The number of nitro benzene ring substituents is 1. The number of aromatic nitrogens is 2. The number of hydrogen-bond donors (Lipinski definition) is 0. The van der Waals surface area contributed by atoms with Gasteiger partial charge in [-0.25, -0.2) is 4.68 Å². The zero-order valence-corrected chi connectivity index (χ0v) is 8.76. The van der Waals surface area contributed by atoms with E-state index in [1.54, 1.807) is 0 Å². The van der Waals surface area contributed by atoms with Crippen LogP contribution in [0, 0.1) is 10.1 Å². The van der Waals surface area contributed by atoms with E-state index >= 15 is 0 Å². The van der Waals surface area contributed by atoms with Crippen LogP contribution < -0.4 is 0 Å². The van der Waals surface area contributed by atoms with Gasteiger partial charge >= 0.3 is 6.18 Å². The van der Waals surface area contributed by atoms with E-state index in [0.717, 1.165) is 10.9 Å². The maximum atomic E-state index is 12.3. The van der Waals surface area contributed by atoms with Crippen molar-refractivity contribution in [3.8, 4) is 5.69 Å². The summed E-state index contributed by atoms with van der Waals surface area (Å²) in [5, 5.41) is 14.0. The molecule has 2 aromatic rings. The highest BCUT2D eigenvalue weighted by molar-refractivity contribution is 5.40. The summed E-state index contributed by atoms with van der Waals surface area (Å²) < 4.78 is 38.0. The van der Waals surface area contributed by atoms with E-state index in [1.807, 2.05) is 0 Å². The Bertz CT molecular complexity index is 575. The highest BCUT2D eigenvalue weighted by Gasteiger charge is 2.32. The normalized spacial score (nSPS) is 11.5. The molecule has 0 aliphatic carbocycles. The maximum Gasteiger partial charge on any atom is 0.419 e. The minimum atomic E-state index is -4.46. The topological polar surface area (TPSA) is 61.0 Å². The summed E-state index contributed by atoms with van der Waals surface area (Å²) in [7, 11) is 0. The van der Waals surface area contributed by atoms with Crippen LogP contribution in [0.5, 0.6) is 0 Å². The zero-order chi connectivity index (χ0) is 13.3. The zero-order valence-electron chi connectivity index (χ0n) is 8.76. The predicted molar refractivity (Wildman–Crippen MR) is 55.2 cm³/mol. The molecule has 0 bridgehead atoms. The van der Waals surface area contributed by atoms with E-state index in [-0.39, 0.29) is 5.69 Å². The lowest BCUT2D eigenvalue weighted by Gasteiger charge is -2.02. The van der Waals surface area contributed by atoms with Gasteiger partial charge < -0.3 is 0 Å². The minimum Gasteiger partial charge on any atom is -0.258 e. The number of nitro groups is 1. The molecule has 1 heterocycles. The molecule has 5 nitrogen and oxygen atoms in total. The molecule has 1 aromatic heterocycles. The van der Waals surface area contributed by atoms with Crippen molar-refractivity contribution < 1.29 is 18.1 Å². The summed E-state index contributed by atoms with van der Waals surface area (Å²) in [6.45, 7) is 0. The predicted octanol–water partition coefficient (Wildman–Crippen LogP) is 2.80. The highest BCUT2D eigenvalue weighted by Crippen LogP contribution is 2.29. The van der Waals surface area contributed by atoms with Gasteiger partial charge in [0.25, 0.3) is 5.69 Å². The summed E-state index contributed by atoms with van der Waals surface area (Å²) in [5.74, 6) is 0.